The van der Waals surface area contributed by atoms with Crippen molar-refractivity contribution in [1.82, 2.24) is 0 Å². The minimum Gasteiger partial charge on any atom is -0.478 e. The molecule has 0 aromatic rings. The van der Waals surface area contributed by atoms with Gasteiger partial charge in [-0.25, -0.2) is 4.79 Å². The molecule has 0 aliphatic heterocycles. The van der Waals surface area contributed by atoms with Crippen molar-refractivity contribution in [3.63, 3.8) is 0 Å². The molecule has 0 aromatic carbocycles. The first kappa shape index (κ1) is 9.48. The van der Waals surface area contributed by atoms with E-state index in [1.54, 1.807) is 6.92 Å². The van der Waals surface area contributed by atoms with Gasteiger partial charge in [0.15, 0.2) is 0 Å². The Morgan fingerprint density at radius 3 is 2.14 bits per heavy atom. The van der Waals surface area contributed by atoms with Gasteiger partial charge in [0, 0.05) is 6.08 Å². The van der Waals surface area contributed by atoms with E-state index in [1.807, 2.05) is 0 Å². The van der Waals surface area contributed by atoms with E-state index in [-0.39, 0.29) is 5.48 Å². The van der Waals surface area contributed by atoms with Crippen LogP contribution in [0.15, 0.2) is 12.2 Å². The standard InChI is InChI=1S/C4H6O2.H2O/c1-2-3-4(5)6;/h2-3H,1H3,(H,5,6);1H2. The Morgan fingerprint density at radius 1 is 1.71 bits per heavy atom. The monoisotopic (exact) mass is 104 g/mol. The van der Waals surface area contributed by atoms with Crippen LogP contribution in [0.25, 0.3) is 0 Å². The summed E-state index contributed by atoms with van der Waals surface area (Å²) in [6.07, 6.45) is 2.56. The lowest BCUT2D eigenvalue weighted by atomic mass is 10.5. The molecule has 3 N–H and O–H groups in total. The van der Waals surface area contributed by atoms with Gasteiger partial charge in [0.25, 0.3) is 0 Å². The minimum atomic E-state index is -0.891. The Kier molecular flexibility index (Phi) is 7.00. The summed E-state index contributed by atoms with van der Waals surface area (Å²) in [6, 6.07) is 0. The molecule has 0 aliphatic rings. The van der Waals surface area contributed by atoms with Gasteiger partial charge in [-0.15, -0.1) is 0 Å². The highest BCUT2D eigenvalue weighted by atomic mass is 16.4. The van der Waals surface area contributed by atoms with Gasteiger partial charge in [-0.2, -0.15) is 0 Å². The average molecular weight is 104 g/mol. The van der Waals surface area contributed by atoms with Crippen molar-refractivity contribution in [2.75, 3.05) is 0 Å². The zero-order valence-corrected chi connectivity index (χ0v) is 4.01. The van der Waals surface area contributed by atoms with E-state index < -0.39 is 5.97 Å². The number of rotatable bonds is 1. The number of aliphatic carboxylic acids is 1. The van der Waals surface area contributed by atoms with Crippen LogP contribution in [0.1, 0.15) is 6.92 Å². The number of carboxylic acid groups (broad SMARTS) is 1. The lowest BCUT2D eigenvalue weighted by Crippen LogP contribution is -1.83. The van der Waals surface area contributed by atoms with Crippen molar-refractivity contribution in [3.05, 3.63) is 12.2 Å². The van der Waals surface area contributed by atoms with Crippen LogP contribution in [-0.2, 0) is 4.79 Å². The van der Waals surface area contributed by atoms with Gasteiger partial charge in [-0.3, -0.25) is 0 Å². The highest BCUT2D eigenvalue weighted by molar-refractivity contribution is 5.79. The van der Waals surface area contributed by atoms with Gasteiger partial charge < -0.3 is 10.6 Å². The Balaban J connectivity index is 0. The van der Waals surface area contributed by atoms with Crippen LogP contribution in [0, 0.1) is 0 Å². The third kappa shape index (κ3) is 11.0. The third-order valence-corrected chi connectivity index (χ3v) is 0.309. The van der Waals surface area contributed by atoms with Crippen molar-refractivity contribution in [2.24, 2.45) is 0 Å². The maximum absolute atomic E-state index is 9.51. The van der Waals surface area contributed by atoms with E-state index in [2.05, 4.69) is 0 Å². The summed E-state index contributed by atoms with van der Waals surface area (Å²) in [5.74, 6) is -0.891. The first-order chi connectivity index (χ1) is 2.77. The van der Waals surface area contributed by atoms with E-state index in [9.17, 15) is 4.79 Å². The van der Waals surface area contributed by atoms with Crippen molar-refractivity contribution in [3.8, 4) is 0 Å². The van der Waals surface area contributed by atoms with E-state index >= 15 is 0 Å². The van der Waals surface area contributed by atoms with Crippen LogP contribution < -0.4 is 0 Å². The second kappa shape index (κ2) is 5.17. The zero-order chi connectivity index (χ0) is 4.99. The molecular formula is C4H8O3. The van der Waals surface area contributed by atoms with E-state index in [0.29, 0.717) is 0 Å². The van der Waals surface area contributed by atoms with Gasteiger partial charge >= 0.3 is 5.97 Å². The lowest BCUT2D eigenvalue weighted by molar-refractivity contribution is -0.131. The van der Waals surface area contributed by atoms with Gasteiger partial charge in [0.05, 0.1) is 0 Å². The lowest BCUT2D eigenvalue weighted by Gasteiger charge is -1.68. The fourth-order valence-electron chi connectivity index (χ4n) is 0.143. The predicted octanol–water partition coefficient (Wildman–Crippen LogP) is -0.178. The fourth-order valence-corrected chi connectivity index (χ4v) is 0.143. The van der Waals surface area contributed by atoms with Crippen LogP contribution in [0.2, 0.25) is 0 Å². The van der Waals surface area contributed by atoms with E-state index in [1.165, 1.54) is 6.08 Å². The molecule has 0 unspecified atom stereocenters. The topological polar surface area (TPSA) is 68.8 Å². The molecule has 0 radical (unpaired) electrons. The summed E-state index contributed by atoms with van der Waals surface area (Å²) in [5.41, 5.74) is 0. The Labute approximate surface area is 41.6 Å². The van der Waals surface area contributed by atoms with Crippen LogP contribution in [0.5, 0.6) is 0 Å². The van der Waals surface area contributed by atoms with Crippen molar-refractivity contribution >= 4 is 5.97 Å². The molecular weight excluding hydrogens is 96.0 g/mol. The first-order valence-electron chi connectivity index (χ1n) is 1.63. The number of carbonyl (C=O) groups is 1. The molecule has 0 fully saturated rings. The summed E-state index contributed by atoms with van der Waals surface area (Å²) in [5, 5.41) is 7.83. The molecule has 7 heavy (non-hydrogen) atoms. The third-order valence-electron chi connectivity index (χ3n) is 0.309. The summed E-state index contributed by atoms with van der Waals surface area (Å²) in [4.78, 5) is 9.51. The molecule has 0 spiro atoms. The molecule has 0 aliphatic carbocycles. The molecule has 0 heterocycles. The maximum Gasteiger partial charge on any atom is 0.327 e. The predicted molar refractivity (Wildman–Crippen MR) is 26.1 cm³/mol. The SMILES string of the molecule is CC=CC(=O)O.O. The molecule has 0 saturated heterocycles. The van der Waals surface area contributed by atoms with Gasteiger partial charge in [-0.05, 0) is 6.92 Å². The molecule has 0 saturated carbocycles. The second-order valence-electron chi connectivity index (χ2n) is 0.838. The van der Waals surface area contributed by atoms with Crippen LogP contribution in [0.4, 0.5) is 0 Å². The largest absolute Gasteiger partial charge is 0.478 e. The number of hydrogen-bond acceptors (Lipinski definition) is 1. The molecule has 3 heteroatoms. The molecule has 0 rings (SSSR count). The summed E-state index contributed by atoms with van der Waals surface area (Å²) < 4.78 is 0. The number of allylic oxidation sites excluding steroid dienone is 1. The van der Waals surface area contributed by atoms with E-state index in [0.717, 1.165) is 6.08 Å². The molecule has 0 amide bonds. The minimum absolute atomic E-state index is 0. The van der Waals surface area contributed by atoms with Crippen molar-refractivity contribution in [1.29, 1.82) is 0 Å². The first-order valence-corrected chi connectivity index (χ1v) is 1.63. The zero-order valence-electron chi connectivity index (χ0n) is 4.01. The normalized spacial score (nSPS) is 8.14. The molecule has 0 bridgehead atoms. The molecule has 0 aromatic heterocycles. The number of hydrogen-bond donors (Lipinski definition) is 1. The number of carboxylic acids is 1. The summed E-state index contributed by atoms with van der Waals surface area (Å²) >= 11 is 0. The van der Waals surface area contributed by atoms with Crippen molar-refractivity contribution in [2.45, 2.75) is 6.92 Å². The summed E-state index contributed by atoms with van der Waals surface area (Å²) in [7, 11) is 0. The van der Waals surface area contributed by atoms with Gasteiger partial charge in [0.1, 0.15) is 0 Å². The van der Waals surface area contributed by atoms with Gasteiger partial charge in [0.2, 0.25) is 0 Å². The van der Waals surface area contributed by atoms with Crippen molar-refractivity contribution < 1.29 is 15.4 Å². The highest BCUT2D eigenvalue weighted by Crippen LogP contribution is 1.65. The van der Waals surface area contributed by atoms with E-state index in [4.69, 9.17) is 5.11 Å². The Bertz CT molecular complexity index is 75.0. The molecule has 0 atom stereocenters. The van der Waals surface area contributed by atoms with Crippen LogP contribution in [0.3, 0.4) is 0 Å². The van der Waals surface area contributed by atoms with Crippen LogP contribution >= 0.6 is 0 Å². The van der Waals surface area contributed by atoms with Gasteiger partial charge in [-0.1, -0.05) is 6.08 Å². The highest BCUT2D eigenvalue weighted by Gasteiger charge is 1.76. The summed E-state index contributed by atoms with van der Waals surface area (Å²) in [6.45, 7) is 1.66. The smallest absolute Gasteiger partial charge is 0.327 e. The Morgan fingerprint density at radius 2 is 2.14 bits per heavy atom. The molecule has 3 nitrogen and oxygen atoms in total. The quantitative estimate of drug-likeness (QED) is 0.469. The van der Waals surface area contributed by atoms with Crippen LogP contribution in [-0.4, -0.2) is 16.6 Å². The second-order valence-corrected chi connectivity index (χ2v) is 0.838. The maximum atomic E-state index is 9.51. The Hall–Kier alpha value is -0.830. The molecule has 42 valence electrons. The fraction of sp³-hybridized carbons (Fsp3) is 0.250. The average Bonchev–Trinajstić information content (AvgIpc) is 1.35.